The zero-order valence-corrected chi connectivity index (χ0v) is 17.2. The lowest BCUT2D eigenvalue weighted by atomic mass is 10.0. The molecule has 3 aromatic rings. The molecule has 1 aliphatic rings. The van der Waals surface area contributed by atoms with Gasteiger partial charge in [-0.25, -0.2) is 9.18 Å². The maximum Gasteiger partial charge on any atom is 0.410 e. The molecule has 152 valence electrons. The highest BCUT2D eigenvalue weighted by Gasteiger charge is 2.26. The van der Waals surface area contributed by atoms with Gasteiger partial charge >= 0.3 is 6.09 Å². The fourth-order valence-corrected chi connectivity index (χ4v) is 3.63. The number of hydrogen-bond donors (Lipinski definition) is 0. The highest BCUT2D eigenvalue weighted by Crippen LogP contribution is 2.39. The standard InChI is InChI=1S/C22H21ClFNO4/c1-22(2,3)29-21(26)25-6-7-27-20-14(11-25)8-13(9-18(20)23)17-12-28-19-10-15(24)4-5-16(17)19/h4-5,8-10,12H,6-7,11H2,1-3H3. The van der Waals surface area contributed by atoms with Crippen molar-refractivity contribution >= 4 is 28.7 Å². The van der Waals surface area contributed by atoms with E-state index in [0.717, 1.165) is 22.1 Å². The first-order valence-corrected chi connectivity index (χ1v) is 9.69. The molecule has 1 amide bonds. The predicted octanol–water partition coefficient (Wildman–Crippen LogP) is 6.02. The van der Waals surface area contributed by atoms with E-state index in [1.54, 1.807) is 23.3 Å². The second kappa shape index (κ2) is 7.26. The minimum Gasteiger partial charge on any atom is -0.490 e. The summed E-state index contributed by atoms with van der Waals surface area (Å²) in [6.45, 7) is 6.50. The van der Waals surface area contributed by atoms with Crippen molar-refractivity contribution in [3.8, 4) is 16.9 Å². The first-order chi connectivity index (χ1) is 13.7. The van der Waals surface area contributed by atoms with Crippen molar-refractivity contribution in [2.24, 2.45) is 0 Å². The minimum atomic E-state index is -0.586. The van der Waals surface area contributed by atoms with Gasteiger partial charge in [-0.1, -0.05) is 11.6 Å². The van der Waals surface area contributed by atoms with Gasteiger partial charge in [0.05, 0.1) is 24.4 Å². The molecule has 0 radical (unpaired) electrons. The number of benzene rings is 2. The van der Waals surface area contributed by atoms with Crippen LogP contribution >= 0.6 is 11.6 Å². The Kier molecular flexibility index (Phi) is 4.90. The van der Waals surface area contributed by atoms with Crippen LogP contribution in [0.4, 0.5) is 9.18 Å². The maximum atomic E-state index is 13.5. The summed E-state index contributed by atoms with van der Waals surface area (Å²) in [5, 5.41) is 1.22. The number of nitrogens with zero attached hydrogens (tertiary/aromatic N) is 1. The van der Waals surface area contributed by atoms with Crippen molar-refractivity contribution in [2.45, 2.75) is 32.9 Å². The second-order valence-corrected chi connectivity index (χ2v) is 8.39. The van der Waals surface area contributed by atoms with E-state index >= 15 is 0 Å². The normalized spacial score (nSPS) is 14.3. The number of carbonyl (C=O) groups excluding carboxylic acids is 1. The molecule has 0 fully saturated rings. The molecule has 2 aromatic carbocycles. The lowest BCUT2D eigenvalue weighted by molar-refractivity contribution is 0.0225. The van der Waals surface area contributed by atoms with Gasteiger partial charge in [0, 0.05) is 22.6 Å². The summed E-state index contributed by atoms with van der Waals surface area (Å²) < 4.78 is 30.3. The maximum absolute atomic E-state index is 13.5. The first kappa shape index (κ1) is 19.6. The molecule has 29 heavy (non-hydrogen) atoms. The van der Waals surface area contributed by atoms with E-state index in [1.165, 1.54) is 12.1 Å². The van der Waals surface area contributed by atoms with Crippen LogP contribution in [0.5, 0.6) is 5.75 Å². The van der Waals surface area contributed by atoms with E-state index in [4.69, 9.17) is 25.5 Å². The van der Waals surface area contributed by atoms with Crippen LogP contribution in [-0.2, 0) is 11.3 Å². The van der Waals surface area contributed by atoms with Crippen molar-refractivity contribution in [3.63, 3.8) is 0 Å². The first-order valence-electron chi connectivity index (χ1n) is 9.31. The molecule has 0 saturated heterocycles. The number of hydrogen-bond acceptors (Lipinski definition) is 4. The van der Waals surface area contributed by atoms with E-state index in [2.05, 4.69) is 0 Å². The van der Waals surface area contributed by atoms with Crippen molar-refractivity contribution in [2.75, 3.05) is 13.2 Å². The largest absolute Gasteiger partial charge is 0.490 e. The summed E-state index contributed by atoms with van der Waals surface area (Å²) in [5.41, 5.74) is 2.23. The molecule has 0 aliphatic carbocycles. The Morgan fingerprint density at radius 1 is 1.24 bits per heavy atom. The molecule has 2 heterocycles. The Balaban J connectivity index is 1.72. The molecule has 1 aromatic heterocycles. The van der Waals surface area contributed by atoms with Gasteiger partial charge in [0.1, 0.15) is 29.4 Å². The molecule has 5 nitrogen and oxygen atoms in total. The number of carbonyl (C=O) groups is 1. The zero-order chi connectivity index (χ0) is 20.8. The van der Waals surface area contributed by atoms with Crippen LogP contribution in [-0.4, -0.2) is 29.7 Å². The molecule has 0 saturated carbocycles. The summed E-state index contributed by atoms with van der Waals surface area (Å²) in [5.74, 6) is 0.195. The van der Waals surface area contributed by atoms with Crippen LogP contribution in [0.2, 0.25) is 5.02 Å². The summed E-state index contributed by atoms with van der Waals surface area (Å²) >= 11 is 6.50. The van der Waals surface area contributed by atoms with Gasteiger partial charge in [0.15, 0.2) is 0 Å². The third kappa shape index (κ3) is 4.03. The van der Waals surface area contributed by atoms with Crippen molar-refractivity contribution in [1.82, 2.24) is 4.90 Å². The summed E-state index contributed by atoms with van der Waals surface area (Å²) in [4.78, 5) is 14.1. The average molecular weight is 418 g/mol. The van der Waals surface area contributed by atoms with E-state index in [1.807, 2.05) is 26.8 Å². The molecule has 7 heteroatoms. The van der Waals surface area contributed by atoms with Crippen molar-refractivity contribution in [3.05, 3.63) is 53.0 Å². The molecular weight excluding hydrogens is 397 g/mol. The van der Waals surface area contributed by atoms with Gasteiger partial charge in [-0.3, -0.25) is 0 Å². The highest BCUT2D eigenvalue weighted by atomic mass is 35.5. The quantitative estimate of drug-likeness (QED) is 0.485. The average Bonchev–Trinajstić information content (AvgIpc) is 2.90. The number of fused-ring (bicyclic) bond motifs is 2. The molecule has 0 bridgehead atoms. The van der Waals surface area contributed by atoms with E-state index in [0.29, 0.717) is 36.1 Å². The Morgan fingerprint density at radius 2 is 2.03 bits per heavy atom. The van der Waals surface area contributed by atoms with E-state index in [-0.39, 0.29) is 5.82 Å². The van der Waals surface area contributed by atoms with Crippen LogP contribution in [0.1, 0.15) is 26.3 Å². The Hall–Kier alpha value is -2.73. The molecule has 0 atom stereocenters. The van der Waals surface area contributed by atoms with Gasteiger partial charge in [-0.2, -0.15) is 0 Å². The number of amides is 1. The van der Waals surface area contributed by atoms with Gasteiger partial charge in [0.2, 0.25) is 0 Å². The minimum absolute atomic E-state index is 0.308. The molecule has 1 aliphatic heterocycles. The number of halogens is 2. The van der Waals surface area contributed by atoms with Gasteiger partial charge < -0.3 is 18.8 Å². The van der Waals surface area contributed by atoms with Crippen molar-refractivity contribution in [1.29, 1.82) is 0 Å². The van der Waals surface area contributed by atoms with E-state index < -0.39 is 11.7 Å². The number of furan rings is 1. The molecule has 0 spiro atoms. The van der Waals surface area contributed by atoms with Crippen LogP contribution < -0.4 is 4.74 Å². The Bertz CT molecular complexity index is 1090. The SMILES string of the molecule is CC(C)(C)OC(=O)N1CCOc2c(Cl)cc(-c3coc4cc(F)ccc34)cc2C1. The van der Waals surface area contributed by atoms with Crippen LogP contribution in [0.3, 0.4) is 0 Å². The molecule has 0 unspecified atom stereocenters. The third-order valence-corrected chi connectivity index (χ3v) is 4.87. The van der Waals surface area contributed by atoms with E-state index in [9.17, 15) is 9.18 Å². The summed E-state index contributed by atoms with van der Waals surface area (Å²) in [6, 6.07) is 8.11. The fourth-order valence-electron chi connectivity index (χ4n) is 3.34. The Morgan fingerprint density at radius 3 is 2.79 bits per heavy atom. The lowest BCUT2D eigenvalue weighted by Gasteiger charge is -2.26. The Labute approximate surface area is 172 Å². The third-order valence-electron chi connectivity index (χ3n) is 4.59. The summed E-state index contributed by atoms with van der Waals surface area (Å²) in [7, 11) is 0. The number of rotatable bonds is 1. The topological polar surface area (TPSA) is 51.9 Å². The molecule has 4 rings (SSSR count). The fraction of sp³-hybridized carbons (Fsp3) is 0.318. The van der Waals surface area contributed by atoms with Gasteiger partial charge in [-0.15, -0.1) is 0 Å². The van der Waals surface area contributed by atoms with Crippen LogP contribution in [0.25, 0.3) is 22.1 Å². The number of ether oxygens (including phenoxy) is 2. The molecular formula is C22H21ClFNO4. The zero-order valence-electron chi connectivity index (χ0n) is 16.4. The predicted molar refractivity (Wildman–Crippen MR) is 109 cm³/mol. The van der Waals surface area contributed by atoms with Crippen LogP contribution in [0.15, 0.2) is 41.0 Å². The lowest BCUT2D eigenvalue weighted by Crippen LogP contribution is -2.37. The summed E-state index contributed by atoms with van der Waals surface area (Å²) in [6.07, 6.45) is 1.17. The monoisotopic (exact) mass is 417 g/mol. The van der Waals surface area contributed by atoms with Gasteiger partial charge in [-0.05, 0) is 50.6 Å². The second-order valence-electron chi connectivity index (χ2n) is 7.99. The van der Waals surface area contributed by atoms with Gasteiger partial charge in [0.25, 0.3) is 0 Å². The smallest absolute Gasteiger partial charge is 0.410 e. The highest BCUT2D eigenvalue weighted by molar-refractivity contribution is 6.32. The van der Waals surface area contributed by atoms with Crippen molar-refractivity contribution < 1.29 is 23.1 Å². The van der Waals surface area contributed by atoms with Crippen LogP contribution in [0, 0.1) is 5.82 Å². The molecule has 0 N–H and O–H groups in total.